The Morgan fingerprint density at radius 1 is 1.19 bits per heavy atom. The molecule has 0 spiro atoms. The zero-order valence-electron chi connectivity index (χ0n) is 15.0. The van der Waals surface area contributed by atoms with E-state index in [9.17, 15) is 10.1 Å². The Morgan fingerprint density at radius 2 is 1.92 bits per heavy atom. The minimum absolute atomic E-state index is 0.0904. The van der Waals surface area contributed by atoms with Crippen LogP contribution in [0.25, 0.3) is 11.3 Å². The van der Waals surface area contributed by atoms with Crippen LogP contribution in [0.3, 0.4) is 0 Å². The highest BCUT2D eigenvalue weighted by atomic mass is 32.1. The molecule has 0 N–H and O–H groups in total. The highest BCUT2D eigenvalue weighted by Gasteiger charge is 2.11. The molecule has 0 saturated heterocycles. The lowest BCUT2D eigenvalue weighted by Crippen LogP contribution is -2.19. The van der Waals surface area contributed by atoms with E-state index in [1.165, 1.54) is 6.07 Å². The van der Waals surface area contributed by atoms with E-state index < -0.39 is 0 Å². The molecule has 6 heteroatoms. The summed E-state index contributed by atoms with van der Waals surface area (Å²) in [5.74, 6) is 0.476. The molecule has 26 heavy (non-hydrogen) atoms. The maximum atomic E-state index is 10.9. The molecule has 0 aliphatic carbocycles. The second-order valence-corrected chi connectivity index (χ2v) is 7.45. The molecule has 1 aromatic heterocycles. The summed E-state index contributed by atoms with van der Waals surface area (Å²) in [6.07, 6.45) is 0. The molecule has 134 valence electrons. The average Bonchev–Trinajstić information content (AvgIpc) is 2.99. The molecule has 0 fully saturated rings. The largest absolute Gasteiger partial charge is 0.316 e. The van der Waals surface area contributed by atoms with Crippen LogP contribution in [0.4, 0.5) is 11.4 Å². The minimum atomic E-state index is -0.381. The second-order valence-electron chi connectivity index (χ2n) is 6.61. The monoisotopic (exact) mass is 367 g/mol. The van der Waals surface area contributed by atoms with Crippen LogP contribution in [0.2, 0.25) is 0 Å². The fourth-order valence-electron chi connectivity index (χ4n) is 2.78. The number of nitro groups is 1. The molecule has 1 heterocycles. The van der Waals surface area contributed by atoms with Crippen molar-refractivity contribution >= 4 is 22.7 Å². The summed E-state index contributed by atoms with van der Waals surface area (Å²) in [4.78, 5) is 16.2. The Labute approximate surface area is 156 Å². The molecule has 0 aliphatic rings. The number of hydrogen-bond donors (Lipinski definition) is 0. The highest BCUT2D eigenvalue weighted by molar-refractivity contribution is 7.07. The van der Waals surface area contributed by atoms with Gasteiger partial charge in [-0.1, -0.05) is 44.2 Å². The normalized spacial score (nSPS) is 11.9. The van der Waals surface area contributed by atoms with Gasteiger partial charge in [-0.05, 0) is 30.0 Å². The molecule has 3 rings (SSSR count). The van der Waals surface area contributed by atoms with E-state index in [2.05, 4.69) is 35.9 Å². The highest BCUT2D eigenvalue weighted by Crippen LogP contribution is 2.25. The van der Waals surface area contributed by atoms with E-state index in [0.29, 0.717) is 5.92 Å². The third-order valence-electron chi connectivity index (χ3n) is 4.02. The summed E-state index contributed by atoms with van der Waals surface area (Å²) in [5, 5.41) is 13.1. The number of aryl methyl sites for hydroxylation is 1. The Hall–Kier alpha value is -2.73. The summed E-state index contributed by atoms with van der Waals surface area (Å²) in [7, 11) is 0. The van der Waals surface area contributed by atoms with Gasteiger partial charge in [0.1, 0.15) is 0 Å². The van der Waals surface area contributed by atoms with Gasteiger partial charge in [-0.15, -0.1) is 11.3 Å². The molecule has 0 aliphatic heterocycles. The van der Waals surface area contributed by atoms with E-state index in [-0.39, 0.29) is 10.6 Å². The third-order valence-corrected chi connectivity index (χ3v) is 4.89. The number of non-ortho nitro benzene ring substituents is 1. The molecule has 5 nitrogen and oxygen atoms in total. The third kappa shape index (κ3) is 3.91. The predicted molar refractivity (Wildman–Crippen MR) is 106 cm³/mol. The molecule has 0 unspecified atom stereocenters. The molecular weight excluding hydrogens is 346 g/mol. The number of nitrogens with zero attached hydrogens (tertiary/aromatic N) is 3. The quantitative estimate of drug-likeness (QED) is 0.452. The number of thiazole rings is 1. The van der Waals surface area contributed by atoms with Crippen molar-refractivity contribution in [3.8, 4) is 11.3 Å². The lowest BCUT2D eigenvalue weighted by atomic mass is 10.1. The van der Waals surface area contributed by atoms with Crippen LogP contribution in [0.5, 0.6) is 0 Å². The fraction of sp³-hybridized carbons (Fsp3) is 0.250. The first-order chi connectivity index (χ1) is 12.5. The van der Waals surface area contributed by atoms with Crippen LogP contribution in [-0.4, -0.2) is 9.49 Å². The first-order valence-electron chi connectivity index (χ1n) is 8.49. The maximum Gasteiger partial charge on any atom is 0.269 e. The first-order valence-corrected chi connectivity index (χ1v) is 9.37. The number of rotatable bonds is 5. The van der Waals surface area contributed by atoms with Gasteiger partial charge in [-0.3, -0.25) is 10.1 Å². The van der Waals surface area contributed by atoms with Gasteiger partial charge in [0.2, 0.25) is 0 Å². The Bertz CT molecular complexity index is 988. The molecular formula is C20H21N3O2S. The van der Waals surface area contributed by atoms with Crippen LogP contribution in [0.1, 0.15) is 19.4 Å². The van der Waals surface area contributed by atoms with Gasteiger partial charge in [-0.25, -0.2) is 4.99 Å². The van der Waals surface area contributed by atoms with E-state index in [0.717, 1.165) is 33.9 Å². The van der Waals surface area contributed by atoms with Crippen LogP contribution in [0, 0.1) is 23.0 Å². The summed E-state index contributed by atoms with van der Waals surface area (Å²) in [6.45, 7) is 7.07. The fourth-order valence-corrected chi connectivity index (χ4v) is 3.71. The number of hydrogen-bond acceptors (Lipinski definition) is 4. The van der Waals surface area contributed by atoms with Crippen molar-refractivity contribution in [3.63, 3.8) is 0 Å². The smallest absolute Gasteiger partial charge is 0.269 e. The molecule has 0 saturated carbocycles. The minimum Gasteiger partial charge on any atom is -0.316 e. The van der Waals surface area contributed by atoms with E-state index in [1.54, 1.807) is 23.5 Å². The number of aromatic nitrogens is 1. The Balaban J connectivity index is 2.12. The molecule has 0 radical (unpaired) electrons. The van der Waals surface area contributed by atoms with Gasteiger partial charge in [0.15, 0.2) is 4.80 Å². The van der Waals surface area contributed by atoms with Crippen molar-refractivity contribution in [2.75, 3.05) is 0 Å². The van der Waals surface area contributed by atoms with Gasteiger partial charge in [0, 0.05) is 24.1 Å². The zero-order chi connectivity index (χ0) is 18.7. The van der Waals surface area contributed by atoms with Crippen molar-refractivity contribution in [2.45, 2.75) is 27.3 Å². The topological polar surface area (TPSA) is 60.4 Å². The predicted octanol–water partition coefficient (Wildman–Crippen LogP) is 5.32. The van der Waals surface area contributed by atoms with Gasteiger partial charge < -0.3 is 4.57 Å². The summed E-state index contributed by atoms with van der Waals surface area (Å²) < 4.78 is 2.23. The Kier molecular flexibility index (Phi) is 5.32. The van der Waals surface area contributed by atoms with Crippen molar-refractivity contribution in [3.05, 3.63) is 74.4 Å². The van der Waals surface area contributed by atoms with Gasteiger partial charge in [0.25, 0.3) is 5.69 Å². The van der Waals surface area contributed by atoms with Crippen molar-refractivity contribution in [1.29, 1.82) is 0 Å². The van der Waals surface area contributed by atoms with E-state index >= 15 is 0 Å². The second kappa shape index (κ2) is 7.66. The van der Waals surface area contributed by atoms with Crippen LogP contribution in [-0.2, 0) is 6.54 Å². The van der Waals surface area contributed by atoms with Gasteiger partial charge in [0.05, 0.1) is 16.3 Å². The summed E-state index contributed by atoms with van der Waals surface area (Å²) in [6, 6.07) is 15.1. The molecule has 0 amide bonds. The van der Waals surface area contributed by atoms with Crippen molar-refractivity contribution in [1.82, 2.24) is 4.57 Å². The number of benzene rings is 2. The zero-order valence-corrected chi connectivity index (χ0v) is 15.9. The number of nitro benzene ring substituents is 1. The Morgan fingerprint density at radius 3 is 2.54 bits per heavy atom. The van der Waals surface area contributed by atoms with Gasteiger partial charge >= 0.3 is 0 Å². The standard InChI is InChI=1S/C20H21N3O2S/c1-14(2)12-22-19(16-7-5-4-6-8-16)13-26-20(22)21-18-10-9-17(23(24)25)11-15(18)3/h4-11,13-14H,12H2,1-3H3. The van der Waals surface area contributed by atoms with Crippen molar-refractivity contribution < 1.29 is 4.92 Å². The van der Waals surface area contributed by atoms with E-state index in [4.69, 9.17) is 4.99 Å². The van der Waals surface area contributed by atoms with Crippen LogP contribution >= 0.6 is 11.3 Å². The lowest BCUT2D eigenvalue weighted by molar-refractivity contribution is -0.384. The summed E-state index contributed by atoms with van der Waals surface area (Å²) >= 11 is 1.59. The molecule has 0 bridgehead atoms. The molecule has 3 aromatic rings. The van der Waals surface area contributed by atoms with Crippen molar-refractivity contribution in [2.24, 2.45) is 10.9 Å². The molecule has 2 aromatic carbocycles. The van der Waals surface area contributed by atoms with Crippen LogP contribution < -0.4 is 4.80 Å². The van der Waals surface area contributed by atoms with Gasteiger partial charge in [-0.2, -0.15) is 0 Å². The summed E-state index contributed by atoms with van der Waals surface area (Å²) in [5.41, 5.74) is 3.95. The van der Waals surface area contributed by atoms with E-state index in [1.807, 2.05) is 25.1 Å². The average molecular weight is 367 g/mol. The SMILES string of the molecule is Cc1cc([N+](=O)[O-])ccc1N=c1scc(-c2ccccc2)n1CC(C)C. The maximum absolute atomic E-state index is 10.9. The first kappa shape index (κ1) is 18.1. The molecule has 0 atom stereocenters. The van der Waals surface area contributed by atoms with Crippen LogP contribution in [0.15, 0.2) is 58.9 Å². The lowest BCUT2D eigenvalue weighted by Gasteiger charge is -2.11.